The Morgan fingerprint density at radius 1 is 1.04 bits per heavy atom. The zero-order valence-electron chi connectivity index (χ0n) is 14.6. The molecular formula is C19H20ClNO4. The predicted octanol–water partition coefficient (Wildman–Crippen LogP) is 4.33. The highest BCUT2D eigenvalue weighted by atomic mass is 35.5. The second kappa shape index (κ2) is 8.44. The van der Waals surface area contributed by atoms with Crippen molar-refractivity contribution >= 4 is 29.3 Å². The molecule has 0 aliphatic heterocycles. The Bertz CT molecular complexity index is 777. The number of methoxy groups -OCH3 is 3. The van der Waals surface area contributed by atoms with Gasteiger partial charge in [0.2, 0.25) is 11.7 Å². The predicted molar refractivity (Wildman–Crippen MR) is 100.0 cm³/mol. The summed E-state index contributed by atoms with van der Waals surface area (Å²) in [5.74, 6) is 1.24. The summed E-state index contributed by atoms with van der Waals surface area (Å²) < 4.78 is 15.9. The zero-order valence-corrected chi connectivity index (χ0v) is 15.3. The van der Waals surface area contributed by atoms with Gasteiger partial charge in [0.05, 0.1) is 32.0 Å². The fourth-order valence-corrected chi connectivity index (χ4v) is 2.55. The van der Waals surface area contributed by atoms with Crippen molar-refractivity contribution in [1.29, 1.82) is 0 Å². The van der Waals surface area contributed by atoms with Gasteiger partial charge in [0.25, 0.3) is 0 Å². The summed E-state index contributed by atoms with van der Waals surface area (Å²) in [6.07, 6.45) is 3.07. The lowest BCUT2D eigenvalue weighted by Gasteiger charge is -2.12. The van der Waals surface area contributed by atoms with Crippen LogP contribution in [0.3, 0.4) is 0 Å². The molecule has 5 nitrogen and oxygen atoms in total. The number of nitrogens with one attached hydrogen (secondary N) is 1. The first-order chi connectivity index (χ1) is 12.0. The molecule has 0 saturated carbocycles. The second-order valence-electron chi connectivity index (χ2n) is 5.26. The van der Waals surface area contributed by atoms with E-state index in [0.29, 0.717) is 28.0 Å². The quantitative estimate of drug-likeness (QED) is 0.778. The van der Waals surface area contributed by atoms with Crippen molar-refractivity contribution < 1.29 is 19.0 Å². The lowest BCUT2D eigenvalue weighted by molar-refractivity contribution is -0.111. The minimum Gasteiger partial charge on any atom is -0.493 e. The number of ether oxygens (including phenoxy) is 3. The number of benzene rings is 2. The van der Waals surface area contributed by atoms with Crippen molar-refractivity contribution in [2.24, 2.45) is 0 Å². The van der Waals surface area contributed by atoms with Gasteiger partial charge in [-0.1, -0.05) is 17.7 Å². The monoisotopic (exact) mass is 361 g/mol. The highest BCUT2D eigenvalue weighted by Crippen LogP contribution is 2.38. The van der Waals surface area contributed by atoms with Crippen molar-refractivity contribution in [2.75, 3.05) is 26.6 Å². The molecule has 2 aromatic rings. The largest absolute Gasteiger partial charge is 0.493 e. The number of carbonyl (C=O) groups is 1. The highest BCUT2D eigenvalue weighted by Gasteiger charge is 2.12. The zero-order chi connectivity index (χ0) is 18.4. The topological polar surface area (TPSA) is 56.8 Å². The van der Waals surface area contributed by atoms with Crippen LogP contribution in [0.1, 0.15) is 11.1 Å². The summed E-state index contributed by atoms with van der Waals surface area (Å²) in [5.41, 5.74) is 2.32. The van der Waals surface area contributed by atoms with Gasteiger partial charge in [-0.15, -0.1) is 0 Å². The summed E-state index contributed by atoms with van der Waals surface area (Å²) in [6.45, 7) is 1.93. The van der Waals surface area contributed by atoms with Crippen LogP contribution in [0.2, 0.25) is 5.02 Å². The molecule has 132 valence electrons. The Hall–Kier alpha value is -2.66. The molecule has 0 atom stereocenters. The third-order valence-electron chi connectivity index (χ3n) is 3.50. The summed E-state index contributed by atoms with van der Waals surface area (Å²) in [6, 6.07) is 8.95. The number of halogens is 1. The molecule has 0 aliphatic rings. The van der Waals surface area contributed by atoms with Crippen LogP contribution in [0.4, 0.5) is 5.69 Å². The van der Waals surface area contributed by atoms with E-state index in [-0.39, 0.29) is 5.91 Å². The number of aryl methyl sites for hydroxylation is 1. The lowest BCUT2D eigenvalue weighted by Crippen LogP contribution is -2.08. The molecule has 0 saturated heterocycles. The van der Waals surface area contributed by atoms with Crippen LogP contribution < -0.4 is 19.5 Å². The van der Waals surface area contributed by atoms with E-state index in [1.807, 2.05) is 13.0 Å². The Labute approximate surface area is 152 Å². The molecule has 1 amide bonds. The Morgan fingerprint density at radius 3 is 2.20 bits per heavy atom. The highest BCUT2D eigenvalue weighted by molar-refractivity contribution is 6.33. The van der Waals surface area contributed by atoms with Crippen molar-refractivity contribution in [1.82, 2.24) is 0 Å². The van der Waals surface area contributed by atoms with Crippen molar-refractivity contribution in [2.45, 2.75) is 6.92 Å². The normalized spacial score (nSPS) is 10.6. The van der Waals surface area contributed by atoms with Gasteiger partial charge in [0.1, 0.15) is 0 Å². The Kier molecular flexibility index (Phi) is 6.31. The van der Waals surface area contributed by atoms with E-state index in [9.17, 15) is 4.79 Å². The molecule has 2 aromatic carbocycles. The number of hydrogen-bond donors (Lipinski definition) is 1. The average Bonchev–Trinajstić information content (AvgIpc) is 2.61. The maximum absolute atomic E-state index is 12.1. The number of carbonyl (C=O) groups excluding carboxylic acids is 1. The third kappa shape index (κ3) is 4.67. The fourth-order valence-electron chi connectivity index (χ4n) is 2.27. The van der Waals surface area contributed by atoms with Crippen LogP contribution in [-0.4, -0.2) is 27.2 Å². The molecule has 0 bridgehead atoms. The van der Waals surface area contributed by atoms with Gasteiger partial charge >= 0.3 is 0 Å². The van der Waals surface area contributed by atoms with E-state index >= 15 is 0 Å². The standard InChI is InChI=1S/C19H20ClNO4/c1-12-5-7-15(14(20)9-12)21-18(22)8-6-13-10-16(23-2)19(25-4)17(11-13)24-3/h5-11H,1-4H3,(H,21,22). The van der Waals surface area contributed by atoms with Crippen LogP contribution >= 0.6 is 11.6 Å². The molecular weight excluding hydrogens is 342 g/mol. The van der Waals surface area contributed by atoms with Crippen LogP contribution in [0, 0.1) is 6.92 Å². The van der Waals surface area contributed by atoms with Gasteiger partial charge in [-0.25, -0.2) is 0 Å². The van der Waals surface area contributed by atoms with Crippen molar-refractivity contribution in [3.63, 3.8) is 0 Å². The summed E-state index contributed by atoms with van der Waals surface area (Å²) in [5, 5.41) is 3.24. The van der Waals surface area contributed by atoms with E-state index < -0.39 is 0 Å². The summed E-state index contributed by atoms with van der Waals surface area (Å²) >= 11 is 6.12. The average molecular weight is 362 g/mol. The molecule has 25 heavy (non-hydrogen) atoms. The molecule has 0 aliphatic carbocycles. The first-order valence-electron chi connectivity index (χ1n) is 7.53. The van der Waals surface area contributed by atoms with Gasteiger partial charge in [-0.2, -0.15) is 0 Å². The maximum Gasteiger partial charge on any atom is 0.248 e. The van der Waals surface area contributed by atoms with Crippen LogP contribution in [-0.2, 0) is 4.79 Å². The fraction of sp³-hybridized carbons (Fsp3) is 0.211. The molecule has 6 heteroatoms. The maximum atomic E-state index is 12.1. The Balaban J connectivity index is 2.19. The minimum absolute atomic E-state index is 0.292. The first-order valence-corrected chi connectivity index (χ1v) is 7.91. The number of anilines is 1. The van der Waals surface area contributed by atoms with Gasteiger partial charge in [0, 0.05) is 6.08 Å². The molecule has 0 heterocycles. The van der Waals surface area contributed by atoms with Gasteiger partial charge < -0.3 is 19.5 Å². The van der Waals surface area contributed by atoms with E-state index in [0.717, 1.165) is 11.1 Å². The van der Waals surface area contributed by atoms with Crippen LogP contribution in [0.5, 0.6) is 17.2 Å². The SMILES string of the molecule is COc1cc(C=CC(=O)Nc2ccc(C)cc2Cl)cc(OC)c1OC. The lowest BCUT2D eigenvalue weighted by atomic mass is 10.1. The van der Waals surface area contributed by atoms with Gasteiger partial charge in [-0.05, 0) is 48.4 Å². The molecule has 0 unspecified atom stereocenters. The second-order valence-corrected chi connectivity index (χ2v) is 5.67. The van der Waals surface area contributed by atoms with Crippen molar-refractivity contribution in [3.05, 3.63) is 52.6 Å². The summed E-state index contributed by atoms with van der Waals surface area (Å²) in [4.78, 5) is 12.1. The number of rotatable bonds is 6. The number of amides is 1. The molecule has 0 aromatic heterocycles. The van der Waals surface area contributed by atoms with Crippen LogP contribution in [0.25, 0.3) is 6.08 Å². The van der Waals surface area contributed by atoms with Gasteiger partial charge in [-0.3, -0.25) is 4.79 Å². The van der Waals surface area contributed by atoms with Crippen molar-refractivity contribution in [3.8, 4) is 17.2 Å². The molecule has 2 rings (SSSR count). The van der Waals surface area contributed by atoms with E-state index in [1.165, 1.54) is 27.4 Å². The van der Waals surface area contributed by atoms with E-state index in [1.54, 1.807) is 30.3 Å². The Morgan fingerprint density at radius 2 is 1.68 bits per heavy atom. The molecule has 0 radical (unpaired) electrons. The smallest absolute Gasteiger partial charge is 0.248 e. The molecule has 1 N–H and O–H groups in total. The number of hydrogen-bond acceptors (Lipinski definition) is 4. The first kappa shape index (κ1) is 18.7. The van der Waals surface area contributed by atoms with Gasteiger partial charge in [0.15, 0.2) is 11.5 Å². The summed E-state index contributed by atoms with van der Waals surface area (Å²) in [7, 11) is 4.61. The molecule has 0 spiro atoms. The van der Waals surface area contributed by atoms with E-state index in [2.05, 4.69) is 5.32 Å². The third-order valence-corrected chi connectivity index (χ3v) is 3.81. The molecule has 0 fully saturated rings. The minimum atomic E-state index is -0.292. The van der Waals surface area contributed by atoms with E-state index in [4.69, 9.17) is 25.8 Å². The van der Waals surface area contributed by atoms with Crippen LogP contribution in [0.15, 0.2) is 36.4 Å².